The molecule has 132 valence electrons. The highest BCUT2D eigenvalue weighted by Crippen LogP contribution is 2.21. The van der Waals surface area contributed by atoms with Crippen molar-refractivity contribution in [2.45, 2.75) is 12.8 Å². The maximum atomic E-state index is 12.0. The summed E-state index contributed by atoms with van der Waals surface area (Å²) in [6.45, 7) is 3.65. The molecule has 1 unspecified atom stereocenters. The lowest BCUT2D eigenvalue weighted by molar-refractivity contribution is 0.591. The van der Waals surface area contributed by atoms with Crippen LogP contribution in [0.25, 0.3) is 0 Å². The lowest BCUT2D eigenvalue weighted by atomic mass is 10.0. The fraction of sp³-hybridized carbons (Fsp3) is 0.278. The summed E-state index contributed by atoms with van der Waals surface area (Å²) in [5.41, 5.74) is 3.22. The zero-order chi connectivity index (χ0) is 18.2. The van der Waals surface area contributed by atoms with Crippen molar-refractivity contribution < 1.29 is 4.55 Å². The predicted octanol–water partition coefficient (Wildman–Crippen LogP) is 2.20. The van der Waals surface area contributed by atoms with Crippen LogP contribution in [0.4, 0.5) is 0 Å². The minimum atomic E-state index is -1.16. The minimum absolute atomic E-state index is 0.636. The van der Waals surface area contributed by atoms with E-state index < -0.39 is 11.4 Å². The van der Waals surface area contributed by atoms with Crippen molar-refractivity contribution in [3.63, 3.8) is 0 Å². The van der Waals surface area contributed by atoms with Crippen molar-refractivity contribution in [3.05, 3.63) is 59.3 Å². The van der Waals surface area contributed by atoms with E-state index in [1.807, 2.05) is 24.3 Å². The van der Waals surface area contributed by atoms with Crippen molar-refractivity contribution in [2.75, 3.05) is 21.1 Å². The molecule has 25 heavy (non-hydrogen) atoms. The molecule has 2 N–H and O–H groups in total. The highest BCUT2D eigenvalue weighted by Gasteiger charge is 2.22. The SMILES string of the molecule is C=CN=C1C(=NC)C=C(C2=C/C=C(/[S+]([O-])NC)CCC=C2)NC1=NC. The largest absolute Gasteiger partial charge is 0.593 e. The molecule has 1 aliphatic carbocycles. The van der Waals surface area contributed by atoms with Crippen LogP contribution in [0.3, 0.4) is 0 Å². The smallest absolute Gasteiger partial charge is 0.153 e. The van der Waals surface area contributed by atoms with Crippen LogP contribution in [0, 0.1) is 0 Å². The summed E-state index contributed by atoms with van der Waals surface area (Å²) in [6.07, 6.45) is 13.0. The number of aliphatic imine (C=N–C) groups is 3. The molecule has 7 heteroatoms. The average molecular weight is 357 g/mol. The van der Waals surface area contributed by atoms with Gasteiger partial charge in [0.25, 0.3) is 0 Å². The number of nitrogens with one attached hydrogen (secondary N) is 2. The summed E-state index contributed by atoms with van der Waals surface area (Å²) in [5.74, 6) is 0.636. The van der Waals surface area contributed by atoms with Gasteiger partial charge in [-0.25, -0.2) is 0 Å². The summed E-state index contributed by atoms with van der Waals surface area (Å²) in [7, 11) is 5.11. The van der Waals surface area contributed by atoms with Crippen LogP contribution in [0.5, 0.6) is 0 Å². The summed E-state index contributed by atoms with van der Waals surface area (Å²) < 4.78 is 14.8. The summed E-state index contributed by atoms with van der Waals surface area (Å²) in [5, 5.41) is 3.29. The molecule has 2 aliphatic rings. The van der Waals surface area contributed by atoms with E-state index in [2.05, 4.69) is 37.7 Å². The molecular weight excluding hydrogens is 334 g/mol. The van der Waals surface area contributed by atoms with Crippen molar-refractivity contribution in [1.29, 1.82) is 0 Å². The molecule has 0 bridgehead atoms. The Morgan fingerprint density at radius 1 is 1.32 bits per heavy atom. The molecule has 1 aliphatic heterocycles. The van der Waals surface area contributed by atoms with Gasteiger partial charge in [0.05, 0.1) is 17.1 Å². The molecule has 0 spiro atoms. The molecule has 0 aromatic carbocycles. The van der Waals surface area contributed by atoms with Crippen LogP contribution < -0.4 is 10.0 Å². The Kier molecular flexibility index (Phi) is 7.12. The Labute approximate surface area is 151 Å². The van der Waals surface area contributed by atoms with Gasteiger partial charge in [0, 0.05) is 39.5 Å². The second-order valence-corrected chi connectivity index (χ2v) is 6.66. The summed E-state index contributed by atoms with van der Waals surface area (Å²) >= 11 is -1.16. The maximum absolute atomic E-state index is 12.0. The third-order valence-electron chi connectivity index (χ3n) is 3.72. The fourth-order valence-corrected chi connectivity index (χ4v) is 3.24. The summed E-state index contributed by atoms with van der Waals surface area (Å²) in [6, 6.07) is 0. The van der Waals surface area contributed by atoms with Gasteiger partial charge in [0.1, 0.15) is 5.71 Å². The molecule has 0 aromatic heterocycles. The van der Waals surface area contributed by atoms with Crippen LogP contribution in [-0.2, 0) is 11.4 Å². The third-order valence-corrected chi connectivity index (χ3v) is 4.91. The quantitative estimate of drug-likeness (QED) is 0.757. The van der Waals surface area contributed by atoms with E-state index >= 15 is 0 Å². The lowest BCUT2D eigenvalue weighted by Gasteiger charge is -2.21. The topological polar surface area (TPSA) is 84.2 Å². The van der Waals surface area contributed by atoms with E-state index in [9.17, 15) is 4.55 Å². The Morgan fingerprint density at radius 3 is 2.76 bits per heavy atom. The van der Waals surface area contributed by atoms with Gasteiger partial charge in [-0.05, 0) is 30.2 Å². The van der Waals surface area contributed by atoms with Gasteiger partial charge in [0.2, 0.25) is 0 Å². The van der Waals surface area contributed by atoms with Gasteiger partial charge >= 0.3 is 0 Å². The Hall–Kier alpha value is -2.22. The first-order valence-electron chi connectivity index (χ1n) is 7.93. The molecule has 6 nitrogen and oxygen atoms in total. The number of amidine groups is 1. The van der Waals surface area contributed by atoms with Crippen LogP contribution in [0.15, 0.2) is 74.3 Å². The van der Waals surface area contributed by atoms with Crippen molar-refractivity contribution in [1.82, 2.24) is 10.0 Å². The Bertz CT molecular complexity index is 741. The highest BCUT2D eigenvalue weighted by atomic mass is 32.2. The van der Waals surface area contributed by atoms with Gasteiger partial charge < -0.3 is 9.87 Å². The first kappa shape index (κ1) is 19.1. The zero-order valence-electron chi connectivity index (χ0n) is 14.7. The fourth-order valence-electron chi connectivity index (χ4n) is 2.48. The lowest BCUT2D eigenvalue weighted by Crippen LogP contribution is -2.40. The second-order valence-electron chi connectivity index (χ2n) is 5.19. The first-order valence-corrected chi connectivity index (χ1v) is 9.08. The molecule has 0 fully saturated rings. The van der Waals surface area contributed by atoms with Crippen molar-refractivity contribution >= 4 is 28.6 Å². The molecule has 2 rings (SSSR count). The number of hydrogen-bond acceptors (Lipinski definition) is 5. The standard InChI is InChI=1S/C18H23N5OS/c1-5-22-17-16(19-2)12-15(23-18(17)20-3)13-8-6-7-9-14(11-10-13)25(24)21-4/h5-6,8,10-12,21H,1,7,9H2,2-4H3,(H,20,23)/b8-6?,13-10?,14-11+,19-16?,22-17?. The van der Waals surface area contributed by atoms with Gasteiger partial charge in [-0.2, -0.15) is 0 Å². The second kappa shape index (κ2) is 9.31. The van der Waals surface area contributed by atoms with E-state index in [4.69, 9.17) is 0 Å². The molecule has 1 atom stereocenters. The van der Waals surface area contributed by atoms with Gasteiger partial charge in [-0.15, -0.1) is 4.72 Å². The van der Waals surface area contributed by atoms with E-state index in [1.54, 1.807) is 21.1 Å². The van der Waals surface area contributed by atoms with E-state index in [0.29, 0.717) is 11.5 Å². The van der Waals surface area contributed by atoms with Gasteiger partial charge in [0.15, 0.2) is 10.7 Å². The van der Waals surface area contributed by atoms with Crippen LogP contribution in [0.1, 0.15) is 12.8 Å². The van der Waals surface area contributed by atoms with Gasteiger partial charge in [-0.3, -0.25) is 15.0 Å². The third kappa shape index (κ3) is 4.66. The van der Waals surface area contributed by atoms with Crippen LogP contribution in [-0.4, -0.2) is 43.0 Å². The van der Waals surface area contributed by atoms with E-state index in [1.165, 1.54) is 6.20 Å². The number of allylic oxidation sites excluding steroid dienone is 6. The molecular formula is C18H23N5OS. The minimum Gasteiger partial charge on any atom is -0.593 e. The summed E-state index contributed by atoms with van der Waals surface area (Å²) in [4.78, 5) is 13.7. The van der Waals surface area contributed by atoms with E-state index in [0.717, 1.165) is 34.7 Å². The zero-order valence-corrected chi connectivity index (χ0v) is 15.6. The van der Waals surface area contributed by atoms with Gasteiger partial charge in [-0.1, -0.05) is 18.7 Å². The van der Waals surface area contributed by atoms with Crippen molar-refractivity contribution in [2.24, 2.45) is 15.0 Å². The first-order chi connectivity index (χ1) is 12.1. The molecule has 0 radical (unpaired) electrons. The Morgan fingerprint density at radius 2 is 2.12 bits per heavy atom. The van der Waals surface area contributed by atoms with E-state index in [-0.39, 0.29) is 0 Å². The molecule has 0 saturated carbocycles. The normalized spacial score (nSPS) is 26.2. The molecule has 0 saturated heterocycles. The van der Waals surface area contributed by atoms with Crippen LogP contribution in [0.2, 0.25) is 0 Å². The molecule has 0 amide bonds. The Balaban J connectivity index is 2.45. The molecule has 0 aromatic rings. The number of nitrogens with zero attached hydrogens (tertiary/aromatic N) is 3. The van der Waals surface area contributed by atoms with Crippen LogP contribution >= 0.6 is 0 Å². The number of rotatable bonds is 4. The number of hydrogen-bond donors (Lipinski definition) is 2. The highest BCUT2D eigenvalue weighted by molar-refractivity contribution is 7.93. The monoisotopic (exact) mass is 357 g/mol. The average Bonchev–Trinajstić information content (AvgIpc) is 2.61. The molecule has 1 heterocycles. The maximum Gasteiger partial charge on any atom is 0.153 e. The van der Waals surface area contributed by atoms with Crippen molar-refractivity contribution in [3.8, 4) is 0 Å². The predicted molar refractivity (Wildman–Crippen MR) is 107 cm³/mol.